The summed E-state index contributed by atoms with van der Waals surface area (Å²) in [6.07, 6.45) is 6.40. The van der Waals surface area contributed by atoms with Crippen LogP contribution >= 0.6 is 0 Å². The van der Waals surface area contributed by atoms with Gasteiger partial charge in [0, 0.05) is 30.7 Å². The minimum absolute atomic E-state index is 0.0334. The number of nitrogens with one attached hydrogen (secondary N) is 1. The molecule has 88 valence electrons. The number of carbonyl (C=O) groups excluding carboxylic acids is 1. The number of non-ortho nitro benzene ring substituents is 1. The number of unbranched alkanes of at least 4 members (excludes halogenated alkanes) is 1. The molecule has 5 nitrogen and oxygen atoms in total. The molecule has 0 heterocycles. The lowest BCUT2D eigenvalue weighted by Gasteiger charge is -2.03. The predicted octanol–water partition coefficient (Wildman–Crippen LogP) is 1.74. The zero-order chi connectivity index (χ0) is 12.7. The molecular weight excluding hydrogens is 220 g/mol. The smallest absolute Gasteiger partial charge is 0.269 e. The largest absolute Gasteiger partial charge is 0.352 e. The van der Waals surface area contributed by atoms with E-state index in [1.165, 1.54) is 24.3 Å². The molecule has 0 unspecified atom stereocenters. The summed E-state index contributed by atoms with van der Waals surface area (Å²) in [6, 6.07) is 5.45. The van der Waals surface area contributed by atoms with Crippen molar-refractivity contribution >= 4 is 11.6 Å². The quantitative estimate of drug-likeness (QED) is 0.363. The Morgan fingerprint density at radius 1 is 1.41 bits per heavy atom. The summed E-state index contributed by atoms with van der Waals surface area (Å²) < 4.78 is 0. The third-order valence-electron chi connectivity index (χ3n) is 2.12. The van der Waals surface area contributed by atoms with E-state index >= 15 is 0 Å². The molecule has 0 aromatic heterocycles. The summed E-state index contributed by atoms with van der Waals surface area (Å²) in [5.41, 5.74) is 0.366. The molecule has 0 saturated heterocycles. The summed E-state index contributed by atoms with van der Waals surface area (Å²) in [6.45, 7) is 0.500. The van der Waals surface area contributed by atoms with Crippen molar-refractivity contribution in [2.24, 2.45) is 0 Å². The van der Waals surface area contributed by atoms with E-state index in [1.54, 1.807) is 0 Å². The van der Waals surface area contributed by atoms with Gasteiger partial charge in [-0.05, 0) is 18.6 Å². The molecule has 0 fully saturated rings. The van der Waals surface area contributed by atoms with Crippen molar-refractivity contribution in [1.82, 2.24) is 5.32 Å². The van der Waals surface area contributed by atoms with Crippen LogP contribution in [0.4, 0.5) is 5.69 Å². The van der Waals surface area contributed by atoms with Gasteiger partial charge in [0.25, 0.3) is 11.6 Å². The predicted molar refractivity (Wildman–Crippen MR) is 63.5 cm³/mol. The lowest BCUT2D eigenvalue weighted by molar-refractivity contribution is -0.384. The van der Waals surface area contributed by atoms with Crippen molar-refractivity contribution in [2.75, 3.05) is 6.54 Å². The monoisotopic (exact) mass is 232 g/mol. The number of hydrogen-bond donors (Lipinski definition) is 1. The zero-order valence-corrected chi connectivity index (χ0v) is 9.18. The van der Waals surface area contributed by atoms with Crippen LogP contribution in [0.2, 0.25) is 0 Å². The fourth-order valence-electron chi connectivity index (χ4n) is 1.23. The van der Waals surface area contributed by atoms with Crippen LogP contribution in [0.25, 0.3) is 0 Å². The maximum Gasteiger partial charge on any atom is 0.269 e. The molecule has 1 rings (SSSR count). The molecule has 0 atom stereocenters. The molecule has 0 aliphatic rings. The van der Waals surface area contributed by atoms with Gasteiger partial charge in [-0.15, -0.1) is 12.3 Å². The molecule has 17 heavy (non-hydrogen) atoms. The molecule has 0 aliphatic heterocycles. The van der Waals surface area contributed by atoms with E-state index in [1.807, 2.05) is 0 Å². The van der Waals surface area contributed by atoms with Gasteiger partial charge in [0.15, 0.2) is 0 Å². The van der Waals surface area contributed by atoms with Crippen LogP contribution in [-0.4, -0.2) is 17.4 Å². The van der Waals surface area contributed by atoms with Gasteiger partial charge >= 0.3 is 0 Å². The third-order valence-corrected chi connectivity index (χ3v) is 2.12. The van der Waals surface area contributed by atoms with Crippen LogP contribution in [0.1, 0.15) is 23.2 Å². The number of terminal acetylenes is 1. The lowest BCUT2D eigenvalue weighted by atomic mass is 10.2. The second kappa shape index (κ2) is 6.28. The van der Waals surface area contributed by atoms with Crippen LogP contribution in [0, 0.1) is 22.5 Å². The van der Waals surface area contributed by atoms with E-state index in [-0.39, 0.29) is 11.6 Å². The Balaban J connectivity index is 2.52. The average molecular weight is 232 g/mol. The second-order valence-electron chi connectivity index (χ2n) is 3.37. The maximum absolute atomic E-state index is 11.6. The van der Waals surface area contributed by atoms with Gasteiger partial charge in [0.2, 0.25) is 0 Å². The van der Waals surface area contributed by atoms with Gasteiger partial charge in [-0.1, -0.05) is 0 Å². The first kappa shape index (κ1) is 12.7. The summed E-state index contributed by atoms with van der Waals surface area (Å²) in [4.78, 5) is 21.5. The van der Waals surface area contributed by atoms with Crippen molar-refractivity contribution in [2.45, 2.75) is 12.8 Å². The average Bonchev–Trinajstić information content (AvgIpc) is 2.34. The number of carbonyl (C=O) groups is 1. The highest BCUT2D eigenvalue weighted by molar-refractivity contribution is 5.94. The van der Waals surface area contributed by atoms with Gasteiger partial charge in [-0.2, -0.15) is 0 Å². The lowest BCUT2D eigenvalue weighted by Crippen LogP contribution is -2.24. The molecule has 1 amide bonds. The summed E-state index contributed by atoms with van der Waals surface area (Å²) in [5.74, 6) is 2.22. The van der Waals surface area contributed by atoms with E-state index in [4.69, 9.17) is 6.42 Å². The fourth-order valence-corrected chi connectivity index (χ4v) is 1.23. The first-order chi connectivity index (χ1) is 8.15. The second-order valence-corrected chi connectivity index (χ2v) is 3.37. The van der Waals surface area contributed by atoms with Crippen LogP contribution in [0.5, 0.6) is 0 Å². The third kappa shape index (κ3) is 3.95. The molecular formula is C12H12N2O3. The first-order valence-corrected chi connectivity index (χ1v) is 5.11. The van der Waals surface area contributed by atoms with E-state index < -0.39 is 4.92 Å². The topological polar surface area (TPSA) is 72.2 Å². The normalized spacial score (nSPS) is 9.35. The van der Waals surface area contributed by atoms with Crippen LogP contribution in [-0.2, 0) is 0 Å². The molecule has 1 aromatic carbocycles. The standard InChI is InChI=1S/C12H12N2O3/c1-2-3-4-9-13-12(15)10-5-7-11(8-6-10)14(16)17/h1,5-8H,3-4,9H2,(H,13,15). The first-order valence-electron chi connectivity index (χ1n) is 5.11. The Kier molecular flexibility index (Phi) is 4.70. The summed E-state index contributed by atoms with van der Waals surface area (Å²) in [7, 11) is 0. The Bertz CT molecular complexity index is 446. The zero-order valence-electron chi connectivity index (χ0n) is 9.18. The highest BCUT2D eigenvalue weighted by atomic mass is 16.6. The summed E-state index contributed by atoms with van der Waals surface area (Å²) in [5, 5.41) is 13.1. The Morgan fingerprint density at radius 2 is 2.06 bits per heavy atom. The van der Waals surface area contributed by atoms with Crippen molar-refractivity contribution in [3.63, 3.8) is 0 Å². The van der Waals surface area contributed by atoms with Gasteiger partial charge in [-0.25, -0.2) is 0 Å². The number of nitro benzene ring substituents is 1. The van der Waals surface area contributed by atoms with E-state index in [0.717, 1.165) is 6.42 Å². The highest BCUT2D eigenvalue weighted by Gasteiger charge is 2.08. The number of amides is 1. The Hall–Kier alpha value is -2.35. The molecule has 0 aliphatic carbocycles. The van der Waals surface area contributed by atoms with Gasteiger partial charge in [0.1, 0.15) is 0 Å². The van der Waals surface area contributed by atoms with Gasteiger partial charge < -0.3 is 5.32 Å². The number of nitro groups is 1. The summed E-state index contributed by atoms with van der Waals surface area (Å²) >= 11 is 0. The van der Waals surface area contributed by atoms with E-state index in [2.05, 4.69) is 11.2 Å². The number of rotatable bonds is 5. The Morgan fingerprint density at radius 3 is 2.59 bits per heavy atom. The minimum Gasteiger partial charge on any atom is -0.352 e. The SMILES string of the molecule is C#CCCCNC(=O)c1ccc([N+](=O)[O-])cc1. The maximum atomic E-state index is 11.6. The molecule has 5 heteroatoms. The number of benzene rings is 1. The van der Waals surface area contributed by atoms with Crippen LogP contribution in [0.15, 0.2) is 24.3 Å². The highest BCUT2D eigenvalue weighted by Crippen LogP contribution is 2.11. The molecule has 1 aromatic rings. The van der Waals surface area contributed by atoms with Crippen molar-refractivity contribution in [3.8, 4) is 12.3 Å². The molecule has 0 bridgehead atoms. The van der Waals surface area contributed by atoms with Crippen molar-refractivity contribution in [1.29, 1.82) is 0 Å². The van der Waals surface area contributed by atoms with Crippen LogP contribution < -0.4 is 5.32 Å². The van der Waals surface area contributed by atoms with E-state index in [0.29, 0.717) is 18.5 Å². The van der Waals surface area contributed by atoms with Gasteiger partial charge in [-0.3, -0.25) is 14.9 Å². The van der Waals surface area contributed by atoms with Gasteiger partial charge in [0.05, 0.1) is 4.92 Å². The molecule has 1 N–H and O–H groups in total. The number of nitrogens with zero attached hydrogens (tertiary/aromatic N) is 1. The number of hydrogen-bond acceptors (Lipinski definition) is 3. The Labute approximate surface area is 99.0 Å². The molecule has 0 spiro atoms. The van der Waals surface area contributed by atoms with Crippen molar-refractivity contribution < 1.29 is 9.72 Å². The molecule has 0 saturated carbocycles. The minimum atomic E-state index is -0.505. The molecule has 0 radical (unpaired) electrons. The van der Waals surface area contributed by atoms with Crippen molar-refractivity contribution in [3.05, 3.63) is 39.9 Å². The fraction of sp³-hybridized carbons (Fsp3) is 0.250. The van der Waals surface area contributed by atoms with E-state index in [9.17, 15) is 14.9 Å². The van der Waals surface area contributed by atoms with Crippen LogP contribution in [0.3, 0.4) is 0 Å².